The molecular formula is C29H38FN3O4. The number of carboxylic acids is 1. The van der Waals surface area contributed by atoms with E-state index in [0.717, 1.165) is 5.56 Å². The molecule has 0 bridgehead atoms. The molecule has 0 radical (unpaired) electrons. The van der Waals surface area contributed by atoms with E-state index >= 15 is 0 Å². The van der Waals surface area contributed by atoms with Crippen molar-refractivity contribution in [2.45, 2.75) is 65.8 Å². The number of aliphatic hydroxyl groups excluding tert-OH is 1. The molecule has 1 heterocycles. The number of allylic oxidation sites excluding steroid dienone is 2. The molecule has 200 valence electrons. The number of nitrogens with two attached hydrogens (primary N) is 1. The number of rotatable bonds is 12. The monoisotopic (exact) mass is 511 g/mol. The van der Waals surface area contributed by atoms with Crippen molar-refractivity contribution in [2.24, 2.45) is 11.7 Å². The minimum Gasteiger partial charge on any atom is -0.481 e. The summed E-state index contributed by atoms with van der Waals surface area (Å²) < 4.78 is 15.3. The van der Waals surface area contributed by atoms with Crippen molar-refractivity contribution in [3.05, 3.63) is 99.3 Å². The number of aromatic nitrogens is 1. The van der Waals surface area contributed by atoms with Crippen molar-refractivity contribution < 1.29 is 19.4 Å². The number of nitrogens with zero attached hydrogens (tertiary/aromatic N) is 1. The molecule has 0 amide bonds. The number of hydrogen-bond acceptors (Lipinski definition) is 5. The number of halogens is 1. The van der Waals surface area contributed by atoms with Crippen LogP contribution >= 0.6 is 0 Å². The fourth-order valence-electron chi connectivity index (χ4n) is 4.52. The standard InChI is InChI=1S/C29H38FN3O4/c1-7-8-21(15-23(31)28-19(5)13-22(30)14-20(28)6)24(16-27(35)36)32-29(37)25(11-17(2)3)33-10-9-18(4)12-26(33)34/h7-10,12-15,17,24-25,29,32,37H,1,11,16,31H2,2-6H3,(H,35,36)/b21-8+,23-15-/t24-,25?,29?/m0/s1. The number of benzene rings is 1. The maximum absolute atomic E-state index is 13.8. The predicted molar refractivity (Wildman–Crippen MR) is 145 cm³/mol. The summed E-state index contributed by atoms with van der Waals surface area (Å²) in [6.07, 6.45) is 5.23. The fourth-order valence-corrected chi connectivity index (χ4v) is 4.52. The van der Waals surface area contributed by atoms with Crippen LogP contribution in [-0.2, 0) is 4.79 Å². The maximum atomic E-state index is 13.8. The number of hydrogen-bond donors (Lipinski definition) is 4. The minimum absolute atomic E-state index is 0.149. The summed E-state index contributed by atoms with van der Waals surface area (Å²) in [5.41, 5.74) is 9.68. The van der Waals surface area contributed by atoms with Crippen LogP contribution in [0.25, 0.3) is 5.70 Å². The highest BCUT2D eigenvalue weighted by atomic mass is 19.1. The first-order valence-corrected chi connectivity index (χ1v) is 12.3. The van der Waals surface area contributed by atoms with Crippen LogP contribution in [0.1, 0.15) is 55.0 Å². The van der Waals surface area contributed by atoms with Crippen LogP contribution in [0.4, 0.5) is 4.39 Å². The lowest BCUT2D eigenvalue weighted by Crippen LogP contribution is -2.47. The largest absolute Gasteiger partial charge is 0.481 e. The van der Waals surface area contributed by atoms with Crippen LogP contribution in [0, 0.1) is 32.5 Å². The number of aryl methyl sites for hydroxylation is 3. The van der Waals surface area contributed by atoms with Gasteiger partial charge in [-0.05, 0) is 79.6 Å². The average molecular weight is 512 g/mol. The van der Waals surface area contributed by atoms with Gasteiger partial charge < -0.3 is 20.5 Å². The van der Waals surface area contributed by atoms with E-state index in [2.05, 4.69) is 11.9 Å². The lowest BCUT2D eigenvalue weighted by molar-refractivity contribution is -0.137. The molecule has 2 aromatic rings. The fraction of sp³-hybridized carbons (Fsp3) is 0.379. The Balaban J connectivity index is 2.51. The molecule has 1 aromatic heterocycles. The number of nitrogens with one attached hydrogen (secondary N) is 1. The Hall–Kier alpha value is -3.49. The van der Waals surface area contributed by atoms with Gasteiger partial charge in [-0.3, -0.25) is 14.9 Å². The maximum Gasteiger partial charge on any atom is 0.305 e. The van der Waals surface area contributed by atoms with Crippen molar-refractivity contribution in [3.8, 4) is 0 Å². The number of pyridine rings is 1. The zero-order valence-corrected chi connectivity index (χ0v) is 22.2. The highest BCUT2D eigenvalue weighted by Gasteiger charge is 2.28. The van der Waals surface area contributed by atoms with Crippen molar-refractivity contribution >= 4 is 11.7 Å². The van der Waals surface area contributed by atoms with Crippen LogP contribution in [0.3, 0.4) is 0 Å². The third-order valence-electron chi connectivity index (χ3n) is 6.11. The lowest BCUT2D eigenvalue weighted by Gasteiger charge is -2.31. The first kappa shape index (κ1) is 29.7. The van der Waals surface area contributed by atoms with E-state index in [1.165, 1.54) is 28.8 Å². The summed E-state index contributed by atoms with van der Waals surface area (Å²) in [4.78, 5) is 24.5. The zero-order valence-electron chi connectivity index (χ0n) is 22.2. The molecule has 2 rings (SSSR count). The van der Waals surface area contributed by atoms with Gasteiger partial charge in [-0.15, -0.1) is 0 Å². The molecule has 37 heavy (non-hydrogen) atoms. The Labute approximate surface area is 217 Å². The Morgan fingerprint density at radius 1 is 1.22 bits per heavy atom. The second-order valence-electron chi connectivity index (χ2n) is 9.83. The van der Waals surface area contributed by atoms with Crippen LogP contribution < -0.4 is 16.6 Å². The van der Waals surface area contributed by atoms with Gasteiger partial charge in [0.05, 0.1) is 12.5 Å². The lowest BCUT2D eigenvalue weighted by atomic mass is 9.95. The highest BCUT2D eigenvalue weighted by molar-refractivity contribution is 5.72. The second kappa shape index (κ2) is 13.2. The molecular weight excluding hydrogens is 473 g/mol. The van der Waals surface area contributed by atoms with Crippen LogP contribution in [-0.4, -0.2) is 33.0 Å². The van der Waals surface area contributed by atoms with Crippen molar-refractivity contribution in [1.29, 1.82) is 0 Å². The van der Waals surface area contributed by atoms with E-state index in [0.29, 0.717) is 34.4 Å². The Bertz CT molecular complexity index is 1220. The van der Waals surface area contributed by atoms with Gasteiger partial charge in [-0.25, -0.2) is 4.39 Å². The molecule has 3 atom stereocenters. The van der Waals surface area contributed by atoms with Gasteiger partial charge in [0.15, 0.2) is 0 Å². The van der Waals surface area contributed by atoms with Gasteiger partial charge in [0.2, 0.25) is 0 Å². The molecule has 0 aliphatic heterocycles. The van der Waals surface area contributed by atoms with E-state index in [-0.39, 0.29) is 23.7 Å². The van der Waals surface area contributed by atoms with Crippen LogP contribution in [0.5, 0.6) is 0 Å². The van der Waals surface area contributed by atoms with Gasteiger partial charge in [-0.2, -0.15) is 0 Å². The Kier molecular flexibility index (Phi) is 10.6. The van der Waals surface area contributed by atoms with Gasteiger partial charge in [0, 0.05) is 29.6 Å². The van der Waals surface area contributed by atoms with Gasteiger partial charge in [-0.1, -0.05) is 32.6 Å². The molecule has 2 unspecified atom stereocenters. The minimum atomic E-state index is -1.25. The molecule has 0 saturated heterocycles. The highest BCUT2D eigenvalue weighted by Crippen LogP contribution is 2.25. The van der Waals surface area contributed by atoms with Crippen molar-refractivity contribution in [1.82, 2.24) is 9.88 Å². The second-order valence-corrected chi connectivity index (χ2v) is 9.83. The average Bonchev–Trinajstić information content (AvgIpc) is 2.76. The third-order valence-corrected chi connectivity index (χ3v) is 6.11. The van der Waals surface area contributed by atoms with E-state index in [4.69, 9.17) is 5.73 Å². The van der Waals surface area contributed by atoms with Crippen LogP contribution in [0.15, 0.2) is 65.6 Å². The van der Waals surface area contributed by atoms with E-state index in [1.54, 1.807) is 38.3 Å². The molecule has 8 heteroatoms. The number of aliphatic carboxylic acids is 1. The third kappa shape index (κ3) is 8.27. The van der Waals surface area contributed by atoms with E-state index in [1.807, 2.05) is 20.8 Å². The van der Waals surface area contributed by atoms with Crippen molar-refractivity contribution in [2.75, 3.05) is 0 Å². The quantitative estimate of drug-likeness (QED) is 0.248. The Morgan fingerprint density at radius 3 is 2.35 bits per heavy atom. The molecule has 0 aliphatic rings. The molecule has 0 fully saturated rings. The number of carbonyl (C=O) groups is 1. The summed E-state index contributed by atoms with van der Waals surface area (Å²) in [6.45, 7) is 13.0. The predicted octanol–water partition coefficient (Wildman–Crippen LogP) is 4.36. The summed E-state index contributed by atoms with van der Waals surface area (Å²) in [6, 6.07) is 4.54. The number of carboxylic acid groups (broad SMARTS) is 1. The first-order chi connectivity index (χ1) is 17.3. The van der Waals surface area contributed by atoms with Gasteiger partial charge in [0.1, 0.15) is 12.0 Å². The smallest absolute Gasteiger partial charge is 0.305 e. The zero-order chi connectivity index (χ0) is 27.9. The molecule has 5 N–H and O–H groups in total. The van der Waals surface area contributed by atoms with E-state index < -0.39 is 24.3 Å². The SMILES string of the molecule is C=C/C=C(\C=C(/N)c1c(C)cc(F)cc1C)[C@H](CC(=O)O)NC(O)C(CC(C)C)n1ccc(C)cc1=O. The van der Waals surface area contributed by atoms with Gasteiger partial charge >= 0.3 is 5.97 Å². The first-order valence-electron chi connectivity index (χ1n) is 12.3. The topological polar surface area (TPSA) is 118 Å². The molecule has 1 aromatic carbocycles. The van der Waals surface area contributed by atoms with Crippen molar-refractivity contribution in [3.63, 3.8) is 0 Å². The normalized spacial score (nSPS) is 14.9. The van der Waals surface area contributed by atoms with Gasteiger partial charge in [0.25, 0.3) is 5.56 Å². The van der Waals surface area contributed by atoms with E-state index in [9.17, 15) is 24.2 Å². The summed E-state index contributed by atoms with van der Waals surface area (Å²) in [5.74, 6) is -1.31. The molecule has 0 spiro atoms. The van der Waals surface area contributed by atoms with Crippen LogP contribution in [0.2, 0.25) is 0 Å². The molecule has 0 aliphatic carbocycles. The summed E-state index contributed by atoms with van der Waals surface area (Å²) in [7, 11) is 0. The Morgan fingerprint density at radius 2 is 1.84 bits per heavy atom. The summed E-state index contributed by atoms with van der Waals surface area (Å²) in [5, 5.41) is 23.9. The number of aliphatic hydroxyl groups is 1. The molecule has 7 nitrogen and oxygen atoms in total. The summed E-state index contributed by atoms with van der Waals surface area (Å²) >= 11 is 0. The molecule has 0 saturated carbocycles.